The Balaban J connectivity index is 1.65. The molecule has 4 rings (SSSR count). The number of nitrogens with zero attached hydrogens (tertiary/aromatic N) is 2. The molecule has 0 unspecified atom stereocenters. The fraction of sp³-hybridized carbons (Fsp3) is 0.286. The fourth-order valence-corrected chi connectivity index (χ4v) is 11.4. The average molecular weight is 615 g/mol. The van der Waals surface area contributed by atoms with Gasteiger partial charge in [0.1, 0.15) is 11.4 Å². The Hall–Kier alpha value is -1.34. The van der Waals surface area contributed by atoms with Gasteiger partial charge in [0.2, 0.25) is 0 Å². The van der Waals surface area contributed by atoms with E-state index in [0.717, 1.165) is 44.1 Å². The minimum Gasteiger partial charge on any atom is -0.378 e. The summed E-state index contributed by atoms with van der Waals surface area (Å²) in [4.78, 5) is 11.1. The summed E-state index contributed by atoms with van der Waals surface area (Å²) in [5.41, 5.74) is 3.15. The van der Waals surface area contributed by atoms with Crippen LogP contribution in [0.5, 0.6) is 0 Å². The number of hydrogen-bond donors (Lipinski definition) is 0. The van der Waals surface area contributed by atoms with E-state index in [1.165, 1.54) is 16.9 Å². The summed E-state index contributed by atoms with van der Waals surface area (Å²) in [6, 6.07) is 11.6. The number of hydrogen-bond acceptors (Lipinski definition) is 10. The molecule has 0 spiro atoms. The van der Waals surface area contributed by atoms with Crippen LogP contribution in [-0.2, 0) is 22.7 Å². The lowest BCUT2D eigenvalue weighted by Gasteiger charge is -2.01. The lowest BCUT2D eigenvalue weighted by molar-refractivity contribution is 0.181. The van der Waals surface area contributed by atoms with Gasteiger partial charge >= 0.3 is 0 Å². The van der Waals surface area contributed by atoms with E-state index in [1.807, 2.05) is 83.4 Å². The molecule has 0 fully saturated rings. The first kappa shape index (κ1) is 29.6. The van der Waals surface area contributed by atoms with Crippen molar-refractivity contribution in [2.45, 2.75) is 27.1 Å². The predicted molar refractivity (Wildman–Crippen MR) is 171 cm³/mol. The topological polar surface area (TPSA) is 44.2 Å². The van der Waals surface area contributed by atoms with Crippen molar-refractivity contribution in [2.75, 3.05) is 25.7 Å². The maximum absolute atomic E-state index is 5.22. The van der Waals surface area contributed by atoms with Gasteiger partial charge in [0.05, 0.1) is 51.4 Å². The molecule has 4 nitrogen and oxygen atoms in total. The number of rotatable bonds is 8. The van der Waals surface area contributed by atoms with Gasteiger partial charge in [-0.3, -0.25) is 0 Å². The van der Waals surface area contributed by atoms with Crippen LogP contribution in [0.15, 0.2) is 63.2 Å². The Morgan fingerprint density at radius 1 is 0.658 bits per heavy atom. The zero-order valence-electron chi connectivity index (χ0n) is 21.5. The van der Waals surface area contributed by atoms with Gasteiger partial charge in [-0.15, -0.1) is 23.5 Å². The van der Waals surface area contributed by atoms with Crippen LogP contribution in [0.1, 0.15) is 36.6 Å². The molecule has 0 saturated carbocycles. The number of aromatic nitrogens is 2. The highest BCUT2D eigenvalue weighted by atomic mass is 32.3. The summed E-state index contributed by atoms with van der Waals surface area (Å²) >= 11 is 11.0. The summed E-state index contributed by atoms with van der Waals surface area (Å²) < 4.78 is 15.8. The minimum absolute atomic E-state index is 0.461. The minimum atomic E-state index is 0.461. The SMILES string of the molecule is CCSC1=C(SCC)SC(=C2SC(C#Cc3cccc(COC)n3)=C(C#Cc3cccc(COC)n3)S2)S1. The summed E-state index contributed by atoms with van der Waals surface area (Å²) in [7, 11) is 3.33. The van der Waals surface area contributed by atoms with Gasteiger partial charge in [-0.25, -0.2) is 9.97 Å². The molecular weight excluding hydrogens is 589 g/mol. The second kappa shape index (κ2) is 15.4. The zero-order valence-corrected chi connectivity index (χ0v) is 26.4. The van der Waals surface area contributed by atoms with E-state index in [9.17, 15) is 0 Å². The number of pyridine rings is 2. The molecule has 0 radical (unpaired) electrons. The molecule has 0 aliphatic carbocycles. The standard InChI is InChI=1S/C28H26N2O2S6/c1-5-33-25-26(34-6-2)38-28(37-25)27-35-23(15-13-19-9-7-11-21(29-19)17-31-3)24(36-27)16-14-20-10-8-12-22(30-20)18-32-4/h7-12H,5-6,17-18H2,1-4H3. The normalized spacial score (nSPS) is 15.1. The number of ether oxygens (including phenoxy) is 2. The molecule has 0 N–H and O–H groups in total. The lowest BCUT2D eigenvalue weighted by Crippen LogP contribution is -1.93. The molecule has 196 valence electrons. The molecule has 10 heteroatoms. The maximum atomic E-state index is 5.22. The summed E-state index contributed by atoms with van der Waals surface area (Å²) in [5, 5.41) is 0. The molecule has 38 heavy (non-hydrogen) atoms. The highest BCUT2D eigenvalue weighted by Gasteiger charge is 2.29. The Kier molecular flexibility index (Phi) is 12.0. The van der Waals surface area contributed by atoms with Gasteiger partial charge < -0.3 is 9.47 Å². The Bertz CT molecular complexity index is 1290. The average Bonchev–Trinajstić information content (AvgIpc) is 3.51. The predicted octanol–water partition coefficient (Wildman–Crippen LogP) is 8.10. The van der Waals surface area contributed by atoms with Crippen LogP contribution in [-0.4, -0.2) is 35.7 Å². The second-order valence-electron chi connectivity index (χ2n) is 7.48. The van der Waals surface area contributed by atoms with Crippen molar-refractivity contribution < 1.29 is 9.47 Å². The Morgan fingerprint density at radius 3 is 1.53 bits per heavy atom. The molecule has 2 aliphatic rings. The van der Waals surface area contributed by atoms with Gasteiger partial charge in [-0.2, -0.15) is 0 Å². The molecule has 0 atom stereocenters. The van der Waals surface area contributed by atoms with Crippen LogP contribution in [0, 0.1) is 23.7 Å². The van der Waals surface area contributed by atoms with Crippen molar-refractivity contribution in [1.82, 2.24) is 9.97 Å². The van der Waals surface area contributed by atoms with Gasteiger partial charge in [0, 0.05) is 14.2 Å². The van der Waals surface area contributed by atoms with E-state index >= 15 is 0 Å². The Morgan fingerprint density at radius 2 is 1.11 bits per heavy atom. The molecule has 2 aromatic heterocycles. The van der Waals surface area contributed by atoms with Crippen LogP contribution in [0.4, 0.5) is 0 Å². The maximum Gasteiger partial charge on any atom is 0.113 e. The molecule has 0 saturated heterocycles. The number of allylic oxidation sites excluding steroid dienone is 2. The van der Waals surface area contributed by atoms with E-state index in [4.69, 9.17) is 9.47 Å². The van der Waals surface area contributed by atoms with Crippen LogP contribution in [0.3, 0.4) is 0 Å². The lowest BCUT2D eigenvalue weighted by atomic mass is 10.3. The van der Waals surface area contributed by atoms with Gasteiger partial charge in [-0.05, 0) is 47.6 Å². The van der Waals surface area contributed by atoms with Gasteiger partial charge in [-0.1, -0.05) is 84.9 Å². The van der Waals surface area contributed by atoms with Crippen molar-refractivity contribution in [3.05, 3.63) is 85.9 Å². The van der Waals surface area contributed by atoms with E-state index in [2.05, 4.69) is 47.5 Å². The third kappa shape index (κ3) is 8.33. The smallest absolute Gasteiger partial charge is 0.113 e. The third-order valence-corrected chi connectivity index (χ3v) is 12.9. The third-order valence-electron chi connectivity index (χ3n) is 4.66. The number of thioether (sulfide) groups is 6. The molecular formula is C28H26N2O2S6. The largest absolute Gasteiger partial charge is 0.378 e. The van der Waals surface area contributed by atoms with Crippen molar-refractivity contribution in [2.24, 2.45) is 0 Å². The van der Waals surface area contributed by atoms with Crippen molar-refractivity contribution in [3.8, 4) is 23.7 Å². The first-order valence-electron chi connectivity index (χ1n) is 11.8. The van der Waals surface area contributed by atoms with E-state index in [0.29, 0.717) is 13.2 Å². The van der Waals surface area contributed by atoms with Crippen molar-refractivity contribution >= 4 is 70.6 Å². The number of methoxy groups -OCH3 is 2. The molecule has 0 bridgehead atoms. The summed E-state index contributed by atoms with van der Waals surface area (Å²) in [6.45, 7) is 5.33. The van der Waals surface area contributed by atoms with Crippen LogP contribution < -0.4 is 0 Å². The molecule has 2 aromatic rings. The van der Waals surface area contributed by atoms with E-state index in [-0.39, 0.29) is 0 Å². The monoisotopic (exact) mass is 614 g/mol. The van der Waals surface area contributed by atoms with E-state index in [1.54, 1.807) is 37.7 Å². The highest BCUT2D eigenvalue weighted by molar-refractivity contribution is 8.42. The quantitative estimate of drug-likeness (QED) is 0.273. The van der Waals surface area contributed by atoms with Crippen molar-refractivity contribution in [3.63, 3.8) is 0 Å². The molecule has 2 aliphatic heterocycles. The molecule has 0 aromatic carbocycles. The zero-order chi connectivity index (χ0) is 26.7. The first-order chi connectivity index (χ1) is 18.6. The van der Waals surface area contributed by atoms with Crippen LogP contribution in [0.2, 0.25) is 0 Å². The van der Waals surface area contributed by atoms with Crippen LogP contribution >= 0.6 is 70.6 Å². The molecule has 4 heterocycles. The highest BCUT2D eigenvalue weighted by Crippen LogP contribution is 2.63. The summed E-state index contributed by atoms with van der Waals surface area (Å²) in [5.74, 6) is 15.3. The van der Waals surface area contributed by atoms with Gasteiger partial charge in [0.15, 0.2) is 0 Å². The van der Waals surface area contributed by atoms with E-state index < -0.39 is 0 Å². The van der Waals surface area contributed by atoms with Crippen molar-refractivity contribution in [1.29, 1.82) is 0 Å². The van der Waals surface area contributed by atoms with Gasteiger partial charge in [0.25, 0.3) is 0 Å². The first-order valence-corrected chi connectivity index (χ1v) is 17.0. The van der Waals surface area contributed by atoms with Crippen LogP contribution in [0.25, 0.3) is 0 Å². The summed E-state index contributed by atoms with van der Waals surface area (Å²) in [6.07, 6.45) is 0. The molecule has 0 amide bonds. The second-order valence-corrected chi connectivity index (χ2v) is 15.1. The Labute approximate surface area is 250 Å². The fourth-order valence-electron chi connectivity index (χ4n) is 3.14.